The average molecular weight is 353 g/mol. The summed E-state index contributed by atoms with van der Waals surface area (Å²) in [5.74, 6) is 1.29. The molecule has 0 amide bonds. The van der Waals surface area contributed by atoms with Crippen LogP contribution in [0.15, 0.2) is 18.2 Å². The van der Waals surface area contributed by atoms with Crippen molar-refractivity contribution in [2.45, 2.75) is 27.2 Å². The van der Waals surface area contributed by atoms with Gasteiger partial charge in [-0.3, -0.25) is 0 Å². The molecule has 0 bridgehead atoms. The van der Waals surface area contributed by atoms with Crippen LogP contribution in [0.25, 0.3) is 11.4 Å². The van der Waals surface area contributed by atoms with Crippen LogP contribution < -0.4 is 5.73 Å². The van der Waals surface area contributed by atoms with Crippen molar-refractivity contribution in [1.29, 1.82) is 0 Å². The summed E-state index contributed by atoms with van der Waals surface area (Å²) in [6, 6.07) is 6.32. The number of nitrogen functional groups attached to an aromatic ring is 1. The Hall–Kier alpha value is -1.17. The Morgan fingerprint density at radius 2 is 1.72 bits per heavy atom. The standard InChI is InChI=1S/C14H16IN3/c1-4-11-12(15)13(16)18-14(17-11)10-6-8(2)5-9(3)7-10/h5-7H,4H2,1-3H3,(H2,16,17,18). The van der Waals surface area contributed by atoms with Gasteiger partial charge in [-0.15, -0.1) is 0 Å². The van der Waals surface area contributed by atoms with E-state index >= 15 is 0 Å². The molecular weight excluding hydrogens is 337 g/mol. The van der Waals surface area contributed by atoms with Gasteiger partial charge in [0.2, 0.25) is 0 Å². The first-order valence-electron chi connectivity index (χ1n) is 5.91. The van der Waals surface area contributed by atoms with Gasteiger partial charge in [0.05, 0.1) is 9.26 Å². The molecule has 4 heteroatoms. The predicted molar refractivity (Wildman–Crippen MR) is 83.4 cm³/mol. The van der Waals surface area contributed by atoms with Crippen LogP contribution in [0.3, 0.4) is 0 Å². The molecule has 1 aromatic carbocycles. The Balaban J connectivity index is 2.60. The number of nitrogens with zero attached hydrogens (tertiary/aromatic N) is 2. The largest absolute Gasteiger partial charge is 0.383 e. The summed E-state index contributed by atoms with van der Waals surface area (Å²) < 4.78 is 0.961. The molecule has 2 N–H and O–H groups in total. The molecular formula is C14H16IN3. The molecule has 0 radical (unpaired) electrons. The number of benzene rings is 1. The van der Waals surface area contributed by atoms with Crippen molar-refractivity contribution in [2.24, 2.45) is 0 Å². The molecule has 3 nitrogen and oxygen atoms in total. The Morgan fingerprint density at radius 1 is 1.11 bits per heavy atom. The maximum atomic E-state index is 5.95. The van der Waals surface area contributed by atoms with E-state index in [9.17, 15) is 0 Å². The minimum atomic E-state index is 0.566. The highest BCUT2D eigenvalue weighted by molar-refractivity contribution is 14.1. The van der Waals surface area contributed by atoms with Crippen molar-refractivity contribution in [1.82, 2.24) is 9.97 Å². The third-order valence-electron chi connectivity index (χ3n) is 2.76. The van der Waals surface area contributed by atoms with Crippen molar-refractivity contribution in [3.8, 4) is 11.4 Å². The second-order valence-corrected chi connectivity index (χ2v) is 5.50. The monoisotopic (exact) mass is 353 g/mol. The molecule has 0 aliphatic carbocycles. The molecule has 0 saturated carbocycles. The molecule has 1 aromatic heterocycles. The molecule has 0 spiro atoms. The van der Waals surface area contributed by atoms with Gasteiger partial charge in [0.25, 0.3) is 0 Å². The van der Waals surface area contributed by atoms with Gasteiger partial charge >= 0.3 is 0 Å². The van der Waals surface area contributed by atoms with Gasteiger partial charge in [-0.2, -0.15) is 0 Å². The number of rotatable bonds is 2. The van der Waals surface area contributed by atoms with Crippen molar-refractivity contribution >= 4 is 28.4 Å². The number of anilines is 1. The van der Waals surface area contributed by atoms with Gasteiger partial charge in [-0.05, 0) is 55.0 Å². The smallest absolute Gasteiger partial charge is 0.161 e. The maximum absolute atomic E-state index is 5.95. The minimum Gasteiger partial charge on any atom is -0.383 e. The summed E-state index contributed by atoms with van der Waals surface area (Å²) in [5.41, 5.74) is 10.4. The number of aryl methyl sites for hydroxylation is 3. The van der Waals surface area contributed by atoms with Crippen LogP contribution in [-0.4, -0.2) is 9.97 Å². The first-order valence-corrected chi connectivity index (χ1v) is 6.99. The molecule has 1 heterocycles. The number of hydrogen-bond acceptors (Lipinski definition) is 3. The SMILES string of the molecule is CCc1nc(-c2cc(C)cc(C)c2)nc(N)c1I. The zero-order chi connectivity index (χ0) is 13.3. The first kappa shape index (κ1) is 13.3. The van der Waals surface area contributed by atoms with Gasteiger partial charge in [-0.1, -0.05) is 24.1 Å². The van der Waals surface area contributed by atoms with E-state index in [0.717, 1.165) is 27.1 Å². The summed E-state index contributed by atoms with van der Waals surface area (Å²) in [5, 5.41) is 0. The molecule has 2 rings (SSSR count). The zero-order valence-corrected chi connectivity index (χ0v) is 12.9. The lowest BCUT2D eigenvalue weighted by Crippen LogP contribution is -2.04. The Morgan fingerprint density at radius 3 is 2.28 bits per heavy atom. The van der Waals surface area contributed by atoms with Gasteiger partial charge in [0.1, 0.15) is 5.82 Å². The van der Waals surface area contributed by atoms with Crippen LogP contribution in [0.2, 0.25) is 0 Å². The highest BCUT2D eigenvalue weighted by Gasteiger charge is 2.10. The lowest BCUT2D eigenvalue weighted by molar-refractivity contribution is 0.993. The van der Waals surface area contributed by atoms with E-state index in [4.69, 9.17) is 5.73 Å². The van der Waals surface area contributed by atoms with Crippen molar-refractivity contribution < 1.29 is 0 Å². The zero-order valence-electron chi connectivity index (χ0n) is 10.8. The summed E-state index contributed by atoms with van der Waals surface area (Å²) in [4.78, 5) is 9.00. The van der Waals surface area contributed by atoms with Gasteiger partial charge in [0, 0.05) is 5.56 Å². The normalized spacial score (nSPS) is 10.7. The van der Waals surface area contributed by atoms with Crippen molar-refractivity contribution in [3.05, 3.63) is 38.6 Å². The lowest BCUT2D eigenvalue weighted by Gasteiger charge is -2.09. The Labute approximate surface area is 121 Å². The Kier molecular flexibility index (Phi) is 3.85. The third-order valence-corrected chi connectivity index (χ3v) is 3.94. The fourth-order valence-corrected chi connectivity index (χ4v) is 2.60. The lowest BCUT2D eigenvalue weighted by atomic mass is 10.1. The fraction of sp³-hybridized carbons (Fsp3) is 0.286. The summed E-state index contributed by atoms with van der Waals surface area (Å²) in [6.45, 7) is 6.23. The highest BCUT2D eigenvalue weighted by atomic mass is 127. The number of halogens is 1. The molecule has 0 aliphatic heterocycles. The van der Waals surface area contributed by atoms with Crippen LogP contribution >= 0.6 is 22.6 Å². The second kappa shape index (κ2) is 5.22. The number of hydrogen-bond donors (Lipinski definition) is 1. The molecule has 2 aromatic rings. The van der Waals surface area contributed by atoms with E-state index in [-0.39, 0.29) is 0 Å². The van der Waals surface area contributed by atoms with Crippen LogP contribution in [0.5, 0.6) is 0 Å². The molecule has 0 saturated heterocycles. The second-order valence-electron chi connectivity index (χ2n) is 4.42. The molecule has 18 heavy (non-hydrogen) atoms. The van der Waals surface area contributed by atoms with Gasteiger partial charge < -0.3 is 5.73 Å². The third kappa shape index (κ3) is 2.63. The van der Waals surface area contributed by atoms with Crippen LogP contribution in [0.1, 0.15) is 23.7 Å². The Bertz CT molecular complexity index is 574. The molecule has 0 atom stereocenters. The summed E-state index contributed by atoms with van der Waals surface area (Å²) in [7, 11) is 0. The van der Waals surface area contributed by atoms with E-state index in [1.807, 2.05) is 0 Å². The van der Waals surface area contributed by atoms with Gasteiger partial charge in [0.15, 0.2) is 5.82 Å². The van der Waals surface area contributed by atoms with E-state index < -0.39 is 0 Å². The summed E-state index contributed by atoms with van der Waals surface area (Å²) >= 11 is 2.20. The first-order chi connectivity index (χ1) is 8.51. The maximum Gasteiger partial charge on any atom is 0.161 e. The van der Waals surface area contributed by atoms with Gasteiger partial charge in [-0.25, -0.2) is 9.97 Å². The van der Waals surface area contributed by atoms with E-state index in [1.165, 1.54) is 11.1 Å². The molecule has 94 valence electrons. The van der Waals surface area contributed by atoms with E-state index in [1.54, 1.807) is 0 Å². The molecule has 0 aliphatic rings. The van der Waals surface area contributed by atoms with E-state index in [2.05, 4.69) is 71.5 Å². The number of aromatic nitrogens is 2. The van der Waals surface area contributed by atoms with Crippen LogP contribution in [-0.2, 0) is 6.42 Å². The summed E-state index contributed by atoms with van der Waals surface area (Å²) in [6.07, 6.45) is 0.864. The van der Waals surface area contributed by atoms with Crippen LogP contribution in [0.4, 0.5) is 5.82 Å². The van der Waals surface area contributed by atoms with Crippen molar-refractivity contribution in [3.63, 3.8) is 0 Å². The molecule has 0 unspecified atom stereocenters. The van der Waals surface area contributed by atoms with Crippen LogP contribution in [0, 0.1) is 17.4 Å². The fourth-order valence-electron chi connectivity index (χ4n) is 1.98. The minimum absolute atomic E-state index is 0.566. The topological polar surface area (TPSA) is 51.8 Å². The van der Waals surface area contributed by atoms with E-state index in [0.29, 0.717) is 5.82 Å². The quantitative estimate of drug-likeness (QED) is 0.841. The number of nitrogens with two attached hydrogens (primary N) is 1. The average Bonchev–Trinajstić information content (AvgIpc) is 2.31. The predicted octanol–water partition coefficient (Wildman–Crippen LogP) is 3.51. The van der Waals surface area contributed by atoms with Crippen molar-refractivity contribution in [2.75, 3.05) is 5.73 Å². The molecule has 0 fully saturated rings. The highest BCUT2D eigenvalue weighted by Crippen LogP contribution is 2.24.